The van der Waals surface area contributed by atoms with Crippen molar-refractivity contribution in [1.82, 2.24) is 5.32 Å². The van der Waals surface area contributed by atoms with Gasteiger partial charge in [0.2, 0.25) is 0 Å². The molecule has 0 saturated carbocycles. The molecule has 1 aromatic heterocycles. The zero-order valence-electron chi connectivity index (χ0n) is 8.18. The Morgan fingerprint density at radius 2 is 2.31 bits per heavy atom. The summed E-state index contributed by atoms with van der Waals surface area (Å²) in [5.74, 6) is 0.642. The number of hydrogen-bond donors (Lipinski definition) is 1. The summed E-state index contributed by atoms with van der Waals surface area (Å²) in [4.78, 5) is 2.85. The van der Waals surface area contributed by atoms with E-state index >= 15 is 0 Å². The van der Waals surface area contributed by atoms with Crippen molar-refractivity contribution < 1.29 is 0 Å². The zero-order valence-corrected chi connectivity index (χ0v) is 9.00. The summed E-state index contributed by atoms with van der Waals surface area (Å²) < 4.78 is 0. The number of fused-ring (bicyclic) bond motifs is 1. The van der Waals surface area contributed by atoms with Gasteiger partial charge in [0.05, 0.1) is 4.88 Å². The van der Waals surface area contributed by atoms with Crippen LogP contribution in [0.4, 0.5) is 0 Å². The molecular formula is C11H15NS. The molecule has 0 aliphatic carbocycles. The average molecular weight is 193 g/mol. The van der Waals surface area contributed by atoms with E-state index in [9.17, 15) is 0 Å². The molecule has 0 fully saturated rings. The molecule has 0 amide bonds. The fourth-order valence-electron chi connectivity index (χ4n) is 1.60. The van der Waals surface area contributed by atoms with Gasteiger partial charge in [0.25, 0.3) is 0 Å². The quantitative estimate of drug-likeness (QED) is 0.723. The van der Waals surface area contributed by atoms with Crippen molar-refractivity contribution in [2.24, 2.45) is 0 Å². The maximum atomic E-state index is 4.03. The Morgan fingerprint density at radius 1 is 1.54 bits per heavy atom. The number of hydrogen-bond acceptors (Lipinski definition) is 2. The smallest absolute Gasteiger partial charge is 0.0531 e. The lowest BCUT2D eigenvalue weighted by atomic mass is 10.1. The van der Waals surface area contributed by atoms with Crippen LogP contribution in [0.15, 0.2) is 12.6 Å². The maximum absolute atomic E-state index is 4.03. The van der Waals surface area contributed by atoms with Gasteiger partial charge in [-0.1, -0.05) is 20.4 Å². The van der Waals surface area contributed by atoms with Crippen LogP contribution in [0.5, 0.6) is 0 Å². The fourth-order valence-corrected chi connectivity index (χ4v) is 2.76. The van der Waals surface area contributed by atoms with Crippen LogP contribution in [-0.4, -0.2) is 6.54 Å². The molecule has 0 radical (unpaired) electrons. The standard InChI is InChI=1S/C11H15NS/c1-7(2)10-6-9-4-5-12-8(3)11(9)13-10/h6-7,12H,3-5H2,1-2H3. The van der Waals surface area contributed by atoms with E-state index in [1.165, 1.54) is 15.3 Å². The third-order valence-electron chi connectivity index (χ3n) is 2.40. The van der Waals surface area contributed by atoms with E-state index in [2.05, 4.69) is 31.8 Å². The first-order valence-electron chi connectivity index (χ1n) is 4.74. The predicted molar refractivity (Wildman–Crippen MR) is 59.1 cm³/mol. The Labute approximate surface area is 83.5 Å². The second-order valence-corrected chi connectivity index (χ2v) is 4.90. The van der Waals surface area contributed by atoms with E-state index < -0.39 is 0 Å². The van der Waals surface area contributed by atoms with Gasteiger partial charge in [-0.05, 0) is 24.0 Å². The van der Waals surface area contributed by atoms with E-state index in [-0.39, 0.29) is 0 Å². The summed E-state index contributed by atoms with van der Waals surface area (Å²) in [6, 6.07) is 2.34. The van der Waals surface area contributed by atoms with Crippen molar-refractivity contribution in [3.8, 4) is 0 Å². The number of thiophene rings is 1. The van der Waals surface area contributed by atoms with Crippen LogP contribution in [0.25, 0.3) is 5.70 Å². The average Bonchev–Trinajstić information content (AvgIpc) is 2.49. The monoisotopic (exact) mass is 193 g/mol. The van der Waals surface area contributed by atoms with E-state index in [1.807, 2.05) is 11.3 Å². The lowest BCUT2D eigenvalue weighted by Gasteiger charge is -2.15. The van der Waals surface area contributed by atoms with Gasteiger partial charge in [-0.25, -0.2) is 0 Å². The molecule has 1 aliphatic heterocycles. The van der Waals surface area contributed by atoms with Gasteiger partial charge >= 0.3 is 0 Å². The highest BCUT2D eigenvalue weighted by Gasteiger charge is 2.16. The molecule has 0 aromatic carbocycles. The molecule has 0 unspecified atom stereocenters. The van der Waals surface area contributed by atoms with Crippen molar-refractivity contribution in [2.75, 3.05) is 6.54 Å². The normalized spacial score (nSPS) is 15.8. The van der Waals surface area contributed by atoms with E-state index in [0.29, 0.717) is 5.92 Å². The molecule has 1 aromatic rings. The van der Waals surface area contributed by atoms with Gasteiger partial charge in [-0.2, -0.15) is 0 Å². The Kier molecular flexibility index (Phi) is 2.16. The summed E-state index contributed by atoms with van der Waals surface area (Å²) in [6.07, 6.45) is 1.15. The summed E-state index contributed by atoms with van der Waals surface area (Å²) in [6.45, 7) is 9.56. The van der Waals surface area contributed by atoms with Crippen LogP contribution in [0.3, 0.4) is 0 Å². The minimum atomic E-state index is 0.642. The predicted octanol–water partition coefficient (Wildman–Crippen LogP) is 2.99. The second kappa shape index (κ2) is 3.18. The first kappa shape index (κ1) is 8.82. The van der Waals surface area contributed by atoms with Crippen molar-refractivity contribution >= 4 is 17.0 Å². The largest absolute Gasteiger partial charge is 0.384 e. The Hall–Kier alpha value is -0.760. The SMILES string of the molecule is C=C1NCCc2cc(C(C)C)sc21. The molecule has 1 N–H and O–H groups in total. The molecule has 1 aliphatic rings. The van der Waals surface area contributed by atoms with Crippen LogP contribution in [0.1, 0.15) is 35.1 Å². The van der Waals surface area contributed by atoms with E-state index in [1.54, 1.807) is 0 Å². The first-order chi connectivity index (χ1) is 6.18. The molecule has 2 heterocycles. The fraction of sp³-hybridized carbons (Fsp3) is 0.455. The summed E-state index contributed by atoms with van der Waals surface area (Å²) in [5.41, 5.74) is 2.59. The molecule has 1 nitrogen and oxygen atoms in total. The first-order valence-corrected chi connectivity index (χ1v) is 5.56. The van der Waals surface area contributed by atoms with Crippen LogP contribution in [0, 0.1) is 0 Å². The minimum absolute atomic E-state index is 0.642. The molecule has 0 bridgehead atoms. The zero-order chi connectivity index (χ0) is 9.42. The van der Waals surface area contributed by atoms with E-state index in [0.717, 1.165) is 18.7 Å². The molecule has 70 valence electrons. The van der Waals surface area contributed by atoms with Gasteiger partial charge < -0.3 is 5.32 Å². The number of rotatable bonds is 1. The van der Waals surface area contributed by atoms with Gasteiger partial charge in [-0.15, -0.1) is 11.3 Å². The second-order valence-electron chi connectivity index (χ2n) is 3.81. The molecule has 0 saturated heterocycles. The Morgan fingerprint density at radius 3 is 2.92 bits per heavy atom. The highest BCUT2D eigenvalue weighted by molar-refractivity contribution is 7.13. The van der Waals surface area contributed by atoms with Gasteiger partial charge in [0.15, 0.2) is 0 Å². The lowest BCUT2D eigenvalue weighted by Crippen LogP contribution is -2.20. The topological polar surface area (TPSA) is 12.0 Å². The molecule has 0 atom stereocenters. The van der Waals surface area contributed by atoms with Crippen molar-refractivity contribution in [3.63, 3.8) is 0 Å². The minimum Gasteiger partial charge on any atom is -0.384 e. The van der Waals surface area contributed by atoms with Gasteiger partial charge in [0, 0.05) is 17.1 Å². The Balaban J connectivity index is 2.42. The van der Waals surface area contributed by atoms with Gasteiger partial charge in [0.1, 0.15) is 0 Å². The third-order valence-corrected chi connectivity index (χ3v) is 3.94. The molecule has 2 rings (SSSR count). The summed E-state index contributed by atoms with van der Waals surface area (Å²) in [5, 5.41) is 3.31. The van der Waals surface area contributed by atoms with Crippen molar-refractivity contribution in [2.45, 2.75) is 26.2 Å². The molecule has 13 heavy (non-hydrogen) atoms. The third kappa shape index (κ3) is 1.51. The van der Waals surface area contributed by atoms with E-state index in [4.69, 9.17) is 0 Å². The van der Waals surface area contributed by atoms with Crippen LogP contribution in [-0.2, 0) is 6.42 Å². The van der Waals surface area contributed by atoms with Gasteiger partial charge in [-0.3, -0.25) is 0 Å². The highest BCUT2D eigenvalue weighted by atomic mass is 32.1. The Bertz CT molecular complexity index is 336. The molecule has 2 heteroatoms. The highest BCUT2D eigenvalue weighted by Crippen LogP contribution is 2.33. The summed E-state index contributed by atoms with van der Waals surface area (Å²) >= 11 is 1.89. The van der Waals surface area contributed by atoms with Crippen LogP contribution in [0.2, 0.25) is 0 Å². The van der Waals surface area contributed by atoms with Crippen molar-refractivity contribution in [1.29, 1.82) is 0 Å². The number of nitrogens with one attached hydrogen (secondary N) is 1. The lowest BCUT2D eigenvalue weighted by molar-refractivity contribution is 0.821. The molecule has 0 spiro atoms. The maximum Gasteiger partial charge on any atom is 0.0531 e. The van der Waals surface area contributed by atoms with Crippen molar-refractivity contribution in [3.05, 3.63) is 28.0 Å². The van der Waals surface area contributed by atoms with Crippen LogP contribution < -0.4 is 5.32 Å². The molecular weight excluding hydrogens is 178 g/mol. The van der Waals surface area contributed by atoms with Crippen LogP contribution >= 0.6 is 11.3 Å². The summed E-state index contributed by atoms with van der Waals surface area (Å²) in [7, 11) is 0.